The van der Waals surface area contributed by atoms with Crippen LogP contribution in [0.15, 0.2) is 30.5 Å². The van der Waals surface area contributed by atoms with Crippen LogP contribution in [0.5, 0.6) is 0 Å². The largest absolute Gasteiger partial charge is 0.378 e. The van der Waals surface area contributed by atoms with Gasteiger partial charge in [0.05, 0.1) is 6.04 Å². The molecule has 0 fully saturated rings. The highest BCUT2D eigenvalue weighted by Gasteiger charge is 2.11. The maximum absolute atomic E-state index is 11.8. The molecule has 1 aromatic heterocycles. The number of nitrogens with zero attached hydrogens (tertiary/aromatic N) is 2. The van der Waals surface area contributed by atoms with Crippen molar-refractivity contribution in [2.24, 2.45) is 5.92 Å². The minimum atomic E-state index is -0.0436. The van der Waals surface area contributed by atoms with Gasteiger partial charge in [-0.2, -0.15) is 0 Å². The molecule has 2 N–H and O–H groups in total. The van der Waals surface area contributed by atoms with E-state index in [0.717, 1.165) is 28.5 Å². The smallest absolute Gasteiger partial charge is 0.226 e. The van der Waals surface area contributed by atoms with E-state index in [0.29, 0.717) is 0 Å². The van der Waals surface area contributed by atoms with Gasteiger partial charge in [0.25, 0.3) is 0 Å². The highest BCUT2D eigenvalue weighted by molar-refractivity contribution is 5.92. The van der Waals surface area contributed by atoms with Crippen LogP contribution in [0, 0.1) is 19.8 Å². The van der Waals surface area contributed by atoms with Gasteiger partial charge in [-0.05, 0) is 39.0 Å². The molecule has 2 aromatic rings. The second kappa shape index (κ2) is 7.22. The number of hydrogen-bond donors (Lipinski definition) is 2. The molecular formula is C18H24N4O. The van der Waals surface area contributed by atoms with E-state index in [4.69, 9.17) is 0 Å². The average Bonchev–Trinajstić information content (AvgIpc) is 2.47. The van der Waals surface area contributed by atoms with Gasteiger partial charge in [-0.15, -0.1) is 0 Å². The Morgan fingerprint density at radius 3 is 2.48 bits per heavy atom. The van der Waals surface area contributed by atoms with Crippen LogP contribution >= 0.6 is 0 Å². The molecule has 1 atom stereocenters. The third kappa shape index (κ3) is 4.52. The number of nitrogens with one attached hydrogen (secondary N) is 2. The van der Waals surface area contributed by atoms with Crippen molar-refractivity contribution in [3.63, 3.8) is 0 Å². The lowest BCUT2D eigenvalue weighted by Gasteiger charge is -2.18. The summed E-state index contributed by atoms with van der Waals surface area (Å²) in [6, 6.07) is 7.79. The Morgan fingerprint density at radius 1 is 1.13 bits per heavy atom. The molecule has 0 saturated carbocycles. The van der Waals surface area contributed by atoms with Crippen molar-refractivity contribution in [3.8, 4) is 0 Å². The van der Waals surface area contributed by atoms with E-state index >= 15 is 0 Å². The molecule has 1 unspecified atom stereocenters. The van der Waals surface area contributed by atoms with Crippen molar-refractivity contribution >= 4 is 17.3 Å². The molecule has 2 rings (SSSR count). The minimum Gasteiger partial charge on any atom is -0.378 e. The van der Waals surface area contributed by atoms with Gasteiger partial charge in [-0.25, -0.2) is 9.97 Å². The molecule has 0 spiro atoms. The molecule has 1 heterocycles. The summed E-state index contributed by atoms with van der Waals surface area (Å²) in [5.74, 6) is 0.743. The molecule has 0 aliphatic rings. The van der Waals surface area contributed by atoms with Crippen LogP contribution in [0.2, 0.25) is 0 Å². The number of anilines is 2. The van der Waals surface area contributed by atoms with Gasteiger partial charge >= 0.3 is 0 Å². The first-order valence-electron chi connectivity index (χ1n) is 7.84. The lowest BCUT2D eigenvalue weighted by molar-refractivity contribution is -0.118. The molecule has 0 saturated heterocycles. The molecule has 0 radical (unpaired) electrons. The number of carbonyl (C=O) groups is 1. The Morgan fingerprint density at radius 2 is 1.83 bits per heavy atom. The molecule has 1 aromatic carbocycles. The van der Waals surface area contributed by atoms with E-state index in [1.807, 2.05) is 58.2 Å². The zero-order valence-corrected chi connectivity index (χ0v) is 14.3. The standard InChI is InChI=1S/C18H24N4O/c1-11(2)18(23)22-16-8-6-7-15(9-16)21-13(4)17-10-19-14(5)20-12(17)3/h6-11,13,21H,1-5H3,(H,22,23). The van der Waals surface area contributed by atoms with Gasteiger partial charge in [0.1, 0.15) is 5.82 Å². The molecule has 0 aliphatic carbocycles. The Balaban J connectivity index is 2.12. The van der Waals surface area contributed by atoms with Gasteiger partial charge in [-0.3, -0.25) is 4.79 Å². The molecule has 5 nitrogen and oxygen atoms in total. The van der Waals surface area contributed by atoms with Crippen molar-refractivity contribution in [1.29, 1.82) is 0 Å². The fraction of sp³-hybridized carbons (Fsp3) is 0.389. The van der Waals surface area contributed by atoms with Gasteiger partial charge in [-0.1, -0.05) is 19.9 Å². The molecule has 0 aliphatic heterocycles. The normalized spacial score (nSPS) is 12.1. The zero-order chi connectivity index (χ0) is 17.0. The highest BCUT2D eigenvalue weighted by Crippen LogP contribution is 2.23. The maximum atomic E-state index is 11.8. The third-order valence-corrected chi connectivity index (χ3v) is 3.64. The SMILES string of the molecule is Cc1ncc(C(C)Nc2cccc(NC(=O)C(C)C)c2)c(C)n1. The lowest BCUT2D eigenvalue weighted by atomic mass is 10.1. The number of aryl methyl sites for hydroxylation is 2. The van der Waals surface area contributed by atoms with Crippen LogP contribution in [0.3, 0.4) is 0 Å². The van der Waals surface area contributed by atoms with Crippen molar-refractivity contribution in [3.05, 3.63) is 47.5 Å². The van der Waals surface area contributed by atoms with E-state index in [1.165, 1.54) is 0 Å². The van der Waals surface area contributed by atoms with Gasteiger partial charge in [0.15, 0.2) is 0 Å². The Kier molecular flexibility index (Phi) is 5.32. The molecule has 0 bridgehead atoms. The summed E-state index contributed by atoms with van der Waals surface area (Å²) < 4.78 is 0. The average molecular weight is 312 g/mol. The van der Waals surface area contributed by atoms with E-state index in [2.05, 4.69) is 27.5 Å². The van der Waals surface area contributed by atoms with Crippen molar-refractivity contribution in [2.75, 3.05) is 10.6 Å². The second-order valence-electron chi connectivity index (χ2n) is 6.05. The van der Waals surface area contributed by atoms with Gasteiger partial charge in [0, 0.05) is 34.7 Å². The predicted octanol–water partition coefficient (Wildman–Crippen LogP) is 3.86. The van der Waals surface area contributed by atoms with Crippen LogP contribution in [0.25, 0.3) is 0 Å². The summed E-state index contributed by atoms with van der Waals surface area (Å²) in [7, 11) is 0. The monoisotopic (exact) mass is 312 g/mol. The number of aromatic nitrogens is 2. The highest BCUT2D eigenvalue weighted by atomic mass is 16.1. The van der Waals surface area contributed by atoms with E-state index in [1.54, 1.807) is 0 Å². The number of hydrogen-bond acceptors (Lipinski definition) is 4. The summed E-state index contributed by atoms with van der Waals surface area (Å²) in [4.78, 5) is 20.5. The van der Waals surface area contributed by atoms with E-state index < -0.39 is 0 Å². The van der Waals surface area contributed by atoms with Crippen LogP contribution in [0.1, 0.15) is 43.9 Å². The number of benzene rings is 1. The summed E-state index contributed by atoms with van der Waals surface area (Å²) in [5.41, 5.74) is 3.77. The van der Waals surface area contributed by atoms with E-state index in [9.17, 15) is 4.79 Å². The minimum absolute atomic E-state index is 0.0120. The van der Waals surface area contributed by atoms with Crippen molar-refractivity contribution in [1.82, 2.24) is 9.97 Å². The fourth-order valence-electron chi connectivity index (χ4n) is 2.32. The topological polar surface area (TPSA) is 66.9 Å². The predicted molar refractivity (Wildman–Crippen MR) is 93.5 cm³/mol. The third-order valence-electron chi connectivity index (χ3n) is 3.64. The number of amides is 1. The Labute approximate surface area is 137 Å². The first-order chi connectivity index (χ1) is 10.9. The molecular weight excluding hydrogens is 288 g/mol. The lowest BCUT2D eigenvalue weighted by Crippen LogP contribution is -2.17. The number of carbonyl (C=O) groups excluding carboxylic acids is 1. The van der Waals surface area contributed by atoms with Crippen LogP contribution < -0.4 is 10.6 Å². The first-order valence-corrected chi connectivity index (χ1v) is 7.84. The molecule has 1 amide bonds. The van der Waals surface area contributed by atoms with Crippen LogP contribution in [-0.4, -0.2) is 15.9 Å². The fourth-order valence-corrected chi connectivity index (χ4v) is 2.32. The molecule has 5 heteroatoms. The second-order valence-corrected chi connectivity index (χ2v) is 6.05. The zero-order valence-electron chi connectivity index (χ0n) is 14.3. The van der Waals surface area contributed by atoms with Gasteiger partial charge < -0.3 is 10.6 Å². The molecule has 122 valence electrons. The summed E-state index contributed by atoms with van der Waals surface area (Å²) in [6.45, 7) is 9.69. The van der Waals surface area contributed by atoms with Crippen LogP contribution in [0.4, 0.5) is 11.4 Å². The summed E-state index contributed by atoms with van der Waals surface area (Å²) in [5, 5.41) is 6.34. The van der Waals surface area contributed by atoms with Crippen molar-refractivity contribution in [2.45, 2.75) is 40.7 Å². The number of rotatable bonds is 5. The quantitative estimate of drug-likeness (QED) is 0.879. The Hall–Kier alpha value is -2.43. The summed E-state index contributed by atoms with van der Waals surface area (Å²) >= 11 is 0. The van der Waals surface area contributed by atoms with E-state index in [-0.39, 0.29) is 17.9 Å². The van der Waals surface area contributed by atoms with Crippen LogP contribution in [-0.2, 0) is 4.79 Å². The van der Waals surface area contributed by atoms with Gasteiger partial charge in [0.2, 0.25) is 5.91 Å². The summed E-state index contributed by atoms with van der Waals surface area (Å²) in [6.07, 6.45) is 1.86. The Bertz CT molecular complexity index is 697. The van der Waals surface area contributed by atoms with Crippen molar-refractivity contribution < 1.29 is 4.79 Å². The molecule has 23 heavy (non-hydrogen) atoms. The maximum Gasteiger partial charge on any atom is 0.226 e. The first kappa shape index (κ1) is 16.9.